The van der Waals surface area contributed by atoms with Gasteiger partial charge in [-0.15, -0.1) is 0 Å². The summed E-state index contributed by atoms with van der Waals surface area (Å²) < 4.78 is 0. The van der Waals surface area contributed by atoms with E-state index in [9.17, 15) is 0 Å². The molecule has 1 aliphatic heterocycles. The number of rotatable bonds is 3. The Morgan fingerprint density at radius 2 is 1.89 bits per heavy atom. The SMILES string of the molecule is Cc1cnc(N2CCC3(CC2)C[C@H]3CN(C)C)nc1. The van der Waals surface area contributed by atoms with Gasteiger partial charge in [-0.1, -0.05) is 0 Å². The Bertz CT molecular complexity index is 432. The van der Waals surface area contributed by atoms with Crippen LogP contribution >= 0.6 is 0 Å². The van der Waals surface area contributed by atoms with Crippen molar-refractivity contribution in [3.05, 3.63) is 18.0 Å². The van der Waals surface area contributed by atoms with Gasteiger partial charge in [0.1, 0.15) is 0 Å². The molecular weight excluding hydrogens is 236 g/mol. The van der Waals surface area contributed by atoms with Crippen LogP contribution in [0.2, 0.25) is 0 Å². The molecule has 2 aliphatic rings. The summed E-state index contributed by atoms with van der Waals surface area (Å²) in [5.74, 6) is 1.83. The molecule has 104 valence electrons. The van der Waals surface area contributed by atoms with Gasteiger partial charge in [0.2, 0.25) is 5.95 Å². The first-order valence-corrected chi connectivity index (χ1v) is 7.27. The summed E-state index contributed by atoms with van der Waals surface area (Å²) in [6, 6.07) is 0. The average Bonchev–Trinajstić information content (AvgIpc) is 3.03. The number of aromatic nitrogens is 2. The monoisotopic (exact) mass is 260 g/mol. The minimum Gasteiger partial charge on any atom is -0.341 e. The first kappa shape index (κ1) is 12.9. The van der Waals surface area contributed by atoms with Crippen molar-refractivity contribution < 1.29 is 0 Å². The normalized spacial score (nSPS) is 25.1. The first-order valence-electron chi connectivity index (χ1n) is 7.27. The van der Waals surface area contributed by atoms with Crippen LogP contribution in [-0.4, -0.2) is 48.6 Å². The molecule has 1 aliphatic carbocycles. The maximum Gasteiger partial charge on any atom is 0.225 e. The molecule has 3 rings (SSSR count). The van der Waals surface area contributed by atoms with Crippen LogP contribution in [0.5, 0.6) is 0 Å². The van der Waals surface area contributed by atoms with E-state index in [2.05, 4.69) is 33.9 Å². The number of anilines is 1. The number of aryl methyl sites for hydroxylation is 1. The Hall–Kier alpha value is -1.16. The molecular formula is C15H24N4. The van der Waals surface area contributed by atoms with E-state index in [1.165, 1.54) is 25.8 Å². The Labute approximate surface area is 115 Å². The van der Waals surface area contributed by atoms with Crippen LogP contribution in [0.15, 0.2) is 12.4 Å². The molecule has 0 amide bonds. The Morgan fingerprint density at radius 3 is 2.47 bits per heavy atom. The van der Waals surface area contributed by atoms with Gasteiger partial charge < -0.3 is 9.80 Å². The van der Waals surface area contributed by atoms with E-state index in [4.69, 9.17) is 0 Å². The highest BCUT2D eigenvalue weighted by molar-refractivity contribution is 5.31. The van der Waals surface area contributed by atoms with Gasteiger partial charge in [0.05, 0.1) is 0 Å². The van der Waals surface area contributed by atoms with E-state index < -0.39 is 0 Å². The molecule has 19 heavy (non-hydrogen) atoms. The highest BCUT2D eigenvalue weighted by atomic mass is 15.3. The molecule has 1 aromatic heterocycles. The van der Waals surface area contributed by atoms with Crippen molar-refractivity contribution in [3.63, 3.8) is 0 Å². The molecule has 2 heterocycles. The van der Waals surface area contributed by atoms with Gasteiger partial charge in [0, 0.05) is 32.0 Å². The van der Waals surface area contributed by atoms with Gasteiger partial charge >= 0.3 is 0 Å². The Balaban J connectivity index is 1.57. The summed E-state index contributed by atoms with van der Waals surface area (Å²) in [6.07, 6.45) is 7.87. The van der Waals surface area contributed by atoms with E-state index in [0.717, 1.165) is 30.5 Å². The molecule has 0 bridgehead atoms. The minimum atomic E-state index is 0.644. The Kier molecular flexibility index (Phi) is 3.21. The Morgan fingerprint density at radius 1 is 1.26 bits per heavy atom. The third-order valence-electron chi connectivity index (χ3n) is 4.75. The van der Waals surface area contributed by atoms with E-state index in [1.54, 1.807) is 0 Å². The van der Waals surface area contributed by atoms with Crippen molar-refractivity contribution in [1.82, 2.24) is 14.9 Å². The van der Waals surface area contributed by atoms with Crippen molar-refractivity contribution in [3.8, 4) is 0 Å². The lowest BCUT2D eigenvalue weighted by Crippen LogP contribution is -2.37. The lowest BCUT2D eigenvalue weighted by Gasteiger charge is -2.33. The third-order valence-corrected chi connectivity index (χ3v) is 4.75. The van der Waals surface area contributed by atoms with Crippen LogP contribution in [0.25, 0.3) is 0 Å². The zero-order valence-corrected chi connectivity index (χ0v) is 12.3. The fourth-order valence-electron chi connectivity index (χ4n) is 3.44. The lowest BCUT2D eigenvalue weighted by atomic mass is 9.91. The van der Waals surface area contributed by atoms with Gasteiger partial charge in [-0.05, 0) is 57.2 Å². The van der Waals surface area contributed by atoms with E-state index in [-0.39, 0.29) is 0 Å². The van der Waals surface area contributed by atoms with Crippen LogP contribution in [-0.2, 0) is 0 Å². The molecule has 4 heteroatoms. The maximum absolute atomic E-state index is 4.44. The summed E-state index contributed by atoms with van der Waals surface area (Å²) in [5, 5.41) is 0. The van der Waals surface area contributed by atoms with Crippen molar-refractivity contribution >= 4 is 5.95 Å². The molecule has 1 atom stereocenters. The van der Waals surface area contributed by atoms with E-state index in [1.807, 2.05) is 19.3 Å². The van der Waals surface area contributed by atoms with Gasteiger partial charge in [0.25, 0.3) is 0 Å². The van der Waals surface area contributed by atoms with Crippen LogP contribution in [0.1, 0.15) is 24.8 Å². The molecule has 0 radical (unpaired) electrons. The highest BCUT2D eigenvalue weighted by Gasteiger charge is 2.54. The highest BCUT2D eigenvalue weighted by Crippen LogP contribution is 2.59. The molecule has 0 N–H and O–H groups in total. The number of piperidine rings is 1. The zero-order chi connectivity index (χ0) is 13.5. The third kappa shape index (κ3) is 2.59. The van der Waals surface area contributed by atoms with E-state index >= 15 is 0 Å². The van der Waals surface area contributed by atoms with Crippen LogP contribution < -0.4 is 4.90 Å². The molecule has 1 saturated carbocycles. The summed E-state index contributed by atoms with van der Waals surface area (Å²) in [7, 11) is 4.36. The summed E-state index contributed by atoms with van der Waals surface area (Å²) in [5.41, 5.74) is 1.77. The van der Waals surface area contributed by atoms with Crippen molar-refractivity contribution in [2.24, 2.45) is 11.3 Å². The topological polar surface area (TPSA) is 32.3 Å². The number of hydrogen-bond donors (Lipinski definition) is 0. The molecule has 1 aromatic rings. The molecule has 1 spiro atoms. The summed E-state index contributed by atoms with van der Waals surface area (Å²) >= 11 is 0. The lowest BCUT2D eigenvalue weighted by molar-refractivity contribution is 0.299. The summed E-state index contributed by atoms with van der Waals surface area (Å²) in [6.45, 7) is 5.52. The smallest absolute Gasteiger partial charge is 0.225 e. The number of nitrogens with zero attached hydrogens (tertiary/aromatic N) is 4. The van der Waals surface area contributed by atoms with Crippen LogP contribution in [0.3, 0.4) is 0 Å². The van der Waals surface area contributed by atoms with Gasteiger partial charge in [-0.25, -0.2) is 9.97 Å². The van der Waals surface area contributed by atoms with Crippen LogP contribution in [0.4, 0.5) is 5.95 Å². The van der Waals surface area contributed by atoms with Gasteiger partial charge in [-0.2, -0.15) is 0 Å². The zero-order valence-electron chi connectivity index (χ0n) is 12.3. The second-order valence-electron chi connectivity index (χ2n) is 6.57. The second kappa shape index (κ2) is 4.75. The first-order chi connectivity index (χ1) is 9.09. The maximum atomic E-state index is 4.44. The largest absolute Gasteiger partial charge is 0.341 e. The standard InChI is InChI=1S/C15H24N4/c1-12-9-16-14(17-10-12)19-6-4-15(5-7-19)8-13(15)11-18(2)3/h9-10,13H,4-8,11H2,1-3H3/t13-/m0/s1. The van der Waals surface area contributed by atoms with Gasteiger partial charge in [-0.3, -0.25) is 0 Å². The van der Waals surface area contributed by atoms with Crippen LogP contribution in [0, 0.1) is 18.3 Å². The van der Waals surface area contributed by atoms with E-state index in [0.29, 0.717) is 5.41 Å². The fraction of sp³-hybridized carbons (Fsp3) is 0.733. The second-order valence-corrected chi connectivity index (χ2v) is 6.57. The summed E-state index contributed by atoms with van der Waals surface area (Å²) in [4.78, 5) is 13.6. The quantitative estimate of drug-likeness (QED) is 0.831. The molecule has 2 fully saturated rings. The van der Waals surface area contributed by atoms with Gasteiger partial charge in [0.15, 0.2) is 0 Å². The average molecular weight is 260 g/mol. The molecule has 1 saturated heterocycles. The molecule has 0 unspecified atom stereocenters. The fourth-order valence-corrected chi connectivity index (χ4v) is 3.44. The minimum absolute atomic E-state index is 0.644. The predicted octanol–water partition coefficient (Wildman–Crippen LogP) is 1.95. The predicted molar refractivity (Wildman–Crippen MR) is 77.3 cm³/mol. The van der Waals surface area contributed by atoms with Crippen molar-refractivity contribution in [2.45, 2.75) is 26.2 Å². The van der Waals surface area contributed by atoms with Crippen molar-refractivity contribution in [2.75, 3.05) is 38.6 Å². The molecule has 0 aromatic carbocycles. The molecule has 4 nitrogen and oxygen atoms in total. The van der Waals surface area contributed by atoms with Crippen molar-refractivity contribution in [1.29, 1.82) is 0 Å². The number of hydrogen-bond acceptors (Lipinski definition) is 4.